The SMILES string of the molecule is CCN(C=O)OC. The number of carbonyl (C=O) groups excluding carboxylic acids is 1. The van der Waals surface area contributed by atoms with Crippen molar-refractivity contribution in [2.24, 2.45) is 0 Å². The summed E-state index contributed by atoms with van der Waals surface area (Å²) in [6.07, 6.45) is 0.639. The Kier molecular flexibility index (Phi) is 3.32. The Bertz CT molecular complexity index is 51.7. The van der Waals surface area contributed by atoms with Gasteiger partial charge in [0, 0.05) is 6.54 Å². The molecule has 3 heteroatoms. The molecule has 3 nitrogen and oxygen atoms in total. The Balaban J connectivity index is 3.16. The molecule has 0 aliphatic rings. The molecule has 0 atom stereocenters. The second-order valence-electron chi connectivity index (χ2n) is 1.02. The highest BCUT2D eigenvalue weighted by atomic mass is 16.7. The molecule has 0 unspecified atom stereocenters. The normalized spacial score (nSPS) is 8.29. The van der Waals surface area contributed by atoms with E-state index in [1.54, 1.807) is 0 Å². The van der Waals surface area contributed by atoms with Crippen molar-refractivity contribution in [3.63, 3.8) is 0 Å². The number of amides is 1. The van der Waals surface area contributed by atoms with E-state index >= 15 is 0 Å². The molecule has 42 valence electrons. The van der Waals surface area contributed by atoms with Crippen LogP contribution in [0.15, 0.2) is 0 Å². The predicted octanol–water partition coefficient (Wildman–Crippen LogP) is 0.0261. The Morgan fingerprint density at radius 1 is 1.86 bits per heavy atom. The van der Waals surface area contributed by atoms with E-state index < -0.39 is 0 Å². The molecule has 0 aromatic carbocycles. The highest BCUT2D eigenvalue weighted by Crippen LogP contribution is 1.76. The van der Waals surface area contributed by atoms with Gasteiger partial charge in [-0.05, 0) is 6.92 Å². The van der Waals surface area contributed by atoms with E-state index in [1.165, 1.54) is 12.2 Å². The molecular formula is C4H9NO2. The lowest BCUT2D eigenvalue weighted by molar-refractivity contribution is -0.159. The molecule has 0 aromatic rings. The van der Waals surface area contributed by atoms with Crippen molar-refractivity contribution < 1.29 is 9.63 Å². The molecule has 0 fully saturated rings. The van der Waals surface area contributed by atoms with E-state index in [1.807, 2.05) is 6.92 Å². The van der Waals surface area contributed by atoms with Crippen LogP contribution in [-0.4, -0.2) is 25.1 Å². The lowest BCUT2D eigenvalue weighted by atomic mass is 10.8. The summed E-state index contributed by atoms with van der Waals surface area (Å²) in [7, 11) is 1.46. The van der Waals surface area contributed by atoms with E-state index in [2.05, 4.69) is 4.84 Å². The van der Waals surface area contributed by atoms with Crippen LogP contribution in [0.5, 0.6) is 0 Å². The third kappa shape index (κ3) is 2.17. The Labute approximate surface area is 42.8 Å². The molecule has 7 heavy (non-hydrogen) atoms. The maximum absolute atomic E-state index is 9.77. The minimum absolute atomic E-state index is 0.597. The first-order chi connectivity index (χ1) is 3.35. The lowest BCUT2D eigenvalue weighted by Gasteiger charge is -2.08. The molecular weight excluding hydrogens is 94.0 g/mol. The highest BCUT2D eigenvalue weighted by molar-refractivity contribution is 5.44. The number of hydrogen-bond donors (Lipinski definition) is 0. The van der Waals surface area contributed by atoms with E-state index in [0.717, 1.165) is 0 Å². The predicted molar refractivity (Wildman–Crippen MR) is 25.5 cm³/mol. The zero-order chi connectivity index (χ0) is 5.70. The van der Waals surface area contributed by atoms with Gasteiger partial charge in [-0.2, -0.15) is 0 Å². The molecule has 0 aliphatic heterocycles. The lowest BCUT2D eigenvalue weighted by Crippen LogP contribution is -2.18. The van der Waals surface area contributed by atoms with Crippen molar-refractivity contribution >= 4 is 6.41 Å². The molecule has 1 amide bonds. The highest BCUT2D eigenvalue weighted by Gasteiger charge is 1.88. The van der Waals surface area contributed by atoms with Crippen LogP contribution in [0.3, 0.4) is 0 Å². The second-order valence-corrected chi connectivity index (χ2v) is 1.02. The smallest absolute Gasteiger partial charge is 0.233 e. The van der Waals surface area contributed by atoms with Crippen molar-refractivity contribution in [1.29, 1.82) is 0 Å². The largest absolute Gasteiger partial charge is 0.276 e. The monoisotopic (exact) mass is 103 g/mol. The summed E-state index contributed by atoms with van der Waals surface area (Å²) in [6.45, 7) is 2.43. The van der Waals surface area contributed by atoms with Crippen molar-refractivity contribution in [2.75, 3.05) is 13.7 Å². The first-order valence-electron chi connectivity index (χ1n) is 2.11. The maximum Gasteiger partial charge on any atom is 0.233 e. The fraction of sp³-hybridized carbons (Fsp3) is 0.750. The molecule has 0 aromatic heterocycles. The average Bonchev–Trinajstić information content (AvgIpc) is 1.72. The summed E-state index contributed by atoms with van der Waals surface area (Å²) < 4.78 is 0. The summed E-state index contributed by atoms with van der Waals surface area (Å²) in [5.41, 5.74) is 0. The number of nitrogens with zero attached hydrogens (tertiary/aromatic N) is 1. The number of hydrogen-bond acceptors (Lipinski definition) is 2. The van der Waals surface area contributed by atoms with Crippen LogP contribution in [0.2, 0.25) is 0 Å². The van der Waals surface area contributed by atoms with Gasteiger partial charge in [-0.3, -0.25) is 9.63 Å². The summed E-state index contributed by atoms with van der Waals surface area (Å²) in [5.74, 6) is 0. The van der Waals surface area contributed by atoms with Crippen LogP contribution in [0.1, 0.15) is 6.92 Å². The second kappa shape index (κ2) is 3.61. The van der Waals surface area contributed by atoms with Crippen LogP contribution >= 0.6 is 0 Å². The summed E-state index contributed by atoms with van der Waals surface area (Å²) in [5, 5.41) is 1.19. The first-order valence-corrected chi connectivity index (χ1v) is 2.11. The van der Waals surface area contributed by atoms with Crippen LogP contribution in [0.4, 0.5) is 0 Å². The van der Waals surface area contributed by atoms with Gasteiger partial charge >= 0.3 is 0 Å². The van der Waals surface area contributed by atoms with Gasteiger partial charge < -0.3 is 0 Å². The molecule has 0 radical (unpaired) electrons. The molecule has 0 heterocycles. The fourth-order valence-corrected chi connectivity index (χ4v) is 0.247. The maximum atomic E-state index is 9.77. The van der Waals surface area contributed by atoms with Crippen molar-refractivity contribution in [2.45, 2.75) is 6.92 Å². The Hall–Kier alpha value is -0.570. The van der Waals surface area contributed by atoms with E-state index in [9.17, 15) is 4.79 Å². The molecule has 0 N–H and O–H groups in total. The quantitative estimate of drug-likeness (QED) is 0.372. The zero-order valence-electron chi connectivity index (χ0n) is 4.55. The number of hydroxylamine groups is 2. The van der Waals surface area contributed by atoms with Gasteiger partial charge in [0.25, 0.3) is 0 Å². The number of carbonyl (C=O) groups is 1. The van der Waals surface area contributed by atoms with Gasteiger partial charge in [-0.15, -0.1) is 0 Å². The minimum Gasteiger partial charge on any atom is -0.276 e. The Morgan fingerprint density at radius 2 is 2.43 bits per heavy atom. The summed E-state index contributed by atoms with van der Waals surface area (Å²) in [4.78, 5) is 14.3. The summed E-state index contributed by atoms with van der Waals surface area (Å²) in [6, 6.07) is 0. The van der Waals surface area contributed by atoms with Crippen molar-refractivity contribution in [3.8, 4) is 0 Å². The molecule has 0 saturated carbocycles. The van der Waals surface area contributed by atoms with Gasteiger partial charge in [0.15, 0.2) is 0 Å². The molecule has 0 bridgehead atoms. The molecule has 0 saturated heterocycles. The first kappa shape index (κ1) is 6.43. The van der Waals surface area contributed by atoms with Gasteiger partial charge in [-0.25, -0.2) is 5.06 Å². The van der Waals surface area contributed by atoms with Crippen molar-refractivity contribution in [3.05, 3.63) is 0 Å². The third-order valence-electron chi connectivity index (χ3n) is 0.664. The van der Waals surface area contributed by atoms with Gasteiger partial charge in [0.1, 0.15) is 0 Å². The van der Waals surface area contributed by atoms with Gasteiger partial charge in [-0.1, -0.05) is 0 Å². The van der Waals surface area contributed by atoms with Crippen LogP contribution in [0, 0.1) is 0 Å². The van der Waals surface area contributed by atoms with Gasteiger partial charge in [0.05, 0.1) is 7.11 Å². The Morgan fingerprint density at radius 3 is 2.43 bits per heavy atom. The summed E-state index contributed by atoms with van der Waals surface area (Å²) >= 11 is 0. The third-order valence-corrected chi connectivity index (χ3v) is 0.664. The van der Waals surface area contributed by atoms with Crippen LogP contribution in [0.25, 0.3) is 0 Å². The van der Waals surface area contributed by atoms with E-state index in [4.69, 9.17) is 0 Å². The standard InChI is InChI=1S/C4H9NO2/c1-3-5(4-6)7-2/h4H,3H2,1-2H3. The zero-order valence-corrected chi connectivity index (χ0v) is 4.55. The molecule has 0 spiro atoms. The van der Waals surface area contributed by atoms with E-state index in [-0.39, 0.29) is 0 Å². The van der Waals surface area contributed by atoms with E-state index in [0.29, 0.717) is 13.0 Å². The van der Waals surface area contributed by atoms with Crippen LogP contribution in [-0.2, 0) is 9.63 Å². The fourth-order valence-electron chi connectivity index (χ4n) is 0.247. The molecule has 0 rings (SSSR count). The molecule has 0 aliphatic carbocycles. The number of rotatable bonds is 3. The average molecular weight is 103 g/mol. The van der Waals surface area contributed by atoms with Gasteiger partial charge in [0.2, 0.25) is 6.41 Å². The van der Waals surface area contributed by atoms with Crippen LogP contribution < -0.4 is 0 Å². The topological polar surface area (TPSA) is 29.5 Å². The van der Waals surface area contributed by atoms with Crippen molar-refractivity contribution in [1.82, 2.24) is 5.06 Å². The minimum atomic E-state index is 0.597.